The Bertz CT molecular complexity index is 884. The highest BCUT2D eigenvalue weighted by Crippen LogP contribution is 2.33. The van der Waals surface area contributed by atoms with Gasteiger partial charge in [0.15, 0.2) is 0 Å². The van der Waals surface area contributed by atoms with Gasteiger partial charge in [-0.1, -0.05) is 30.3 Å². The Balaban J connectivity index is 1.97. The van der Waals surface area contributed by atoms with E-state index in [-0.39, 0.29) is 24.4 Å². The van der Waals surface area contributed by atoms with E-state index in [1.54, 1.807) is 30.3 Å². The zero-order valence-electron chi connectivity index (χ0n) is 15.0. The van der Waals surface area contributed by atoms with Crippen molar-refractivity contribution >= 4 is 11.8 Å². The van der Waals surface area contributed by atoms with Crippen molar-refractivity contribution in [1.82, 2.24) is 9.80 Å². The maximum atomic E-state index is 13.6. The number of nitrogens with zero attached hydrogens (tertiary/aromatic N) is 2. The molecule has 1 heterocycles. The van der Waals surface area contributed by atoms with Gasteiger partial charge in [-0.25, -0.2) is 4.39 Å². The van der Waals surface area contributed by atoms with Crippen molar-refractivity contribution in [2.24, 2.45) is 0 Å². The summed E-state index contributed by atoms with van der Waals surface area (Å²) < 4.78 is 53.6. The molecule has 0 unspecified atom stereocenters. The predicted molar refractivity (Wildman–Crippen MR) is 93.5 cm³/mol. The molecule has 0 aliphatic carbocycles. The summed E-state index contributed by atoms with van der Waals surface area (Å²) in [7, 11) is 1.47. The average Bonchev–Trinajstić information content (AvgIpc) is 2.62. The Morgan fingerprint density at radius 3 is 2.39 bits per heavy atom. The molecule has 1 atom stereocenters. The molecular formula is C20H18F4N2O2. The van der Waals surface area contributed by atoms with Crippen molar-refractivity contribution in [1.29, 1.82) is 0 Å². The van der Waals surface area contributed by atoms with Gasteiger partial charge in [-0.3, -0.25) is 9.59 Å². The van der Waals surface area contributed by atoms with Crippen LogP contribution in [0.2, 0.25) is 0 Å². The summed E-state index contributed by atoms with van der Waals surface area (Å²) in [6.07, 6.45) is -4.54. The standard InChI is InChI=1S/C20H18F4N2O2/c1-25-12-18(27)26(17(19(25)28)9-13-5-3-2-4-6-13)11-14-10-15(21)7-8-16(14)20(22,23)24/h2-8,10,17H,9,11-12H2,1H3/t17-/m0/s1. The average molecular weight is 394 g/mol. The van der Waals surface area contributed by atoms with E-state index in [1.165, 1.54) is 11.9 Å². The largest absolute Gasteiger partial charge is 0.416 e. The molecule has 148 valence electrons. The molecule has 0 bridgehead atoms. The maximum absolute atomic E-state index is 13.6. The molecular weight excluding hydrogens is 376 g/mol. The highest BCUT2D eigenvalue weighted by Gasteiger charge is 2.40. The Labute approximate surface area is 159 Å². The van der Waals surface area contributed by atoms with Crippen LogP contribution in [-0.4, -0.2) is 41.2 Å². The molecule has 0 spiro atoms. The van der Waals surface area contributed by atoms with Crippen LogP contribution in [0.5, 0.6) is 0 Å². The van der Waals surface area contributed by atoms with E-state index < -0.39 is 36.1 Å². The van der Waals surface area contributed by atoms with Crippen molar-refractivity contribution in [3.05, 3.63) is 71.0 Å². The minimum absolute atomic E-state index is 0.159. The summed E-state index contributed by atoms with van der Waals surface area (Å²) in [4.78, 5) is 27.6. The van der Waals surface area contributed by atoms with Crippen molar-refractivity contribution in [3.63, 3.8) is 0 Å². The first-order valence-electron chi connectivity index (χ1n) is 8.61. The summed E-state index contributed by atoms with van der Waals surface area (Å²) in [5, 5.41) is 0. The van der Waals surface area contributed by atoms with Gasteiger partial charge in [0.2, 0.25) is 11.8 Å². The highest BCUT2D eigenvalue weighted by molar-refractivity contribution is 5.94. The summed E-state index contributed by atoms with van der Waals surface area (Å²) in [6, 6.07) is 10.1. The summed E-state index contributed by atoms with van der Waals surface area (Å²) in [5.74, 6) is -1.69. The zero-order chi connectivity index (χ0) is 20.5. The van der Waals surface area contributed by atoms with Gasteiger partial charge in [0.25, 0.3) is 0 Å². The number of hydrogen-bond donors (Lipinski definition) is 0. The molecule has 1 saturated heterocycles. The van der Waals surface area contributed by atoms with E-state index in [9.17, 15) is 27.2 Å². The number of rotatable bonds is 4. The number of carbonyl (C=O) groups excluding carboxylic acids is 2. The number of piperazine rings is 1. The minimum Gasteiger partial charge on any atom is -0.335 e. The van der Waals surface area contributed by atoms with Crippen LogP contribution in [0.25, 0.3) is 0 Å². The summed E-state index contributed by atoms with van der Waals surface area (Å²) >= 11 is 0. The lowest BCUT2D eigenvalue weighted by Crippen LogP contribution is -2.59. The number of alkyl halides is 3. The zero-order valence-corrected chi connectivity index (χ0v) is 15.0. The lowest BCUT2D eigenvalue weighted by molar-refractivity contribution is -0.155. The molecule has 3 rings (SSSR count). The van der Waals surface area contributed by atoms with Crippen LogP contribution < -0.4 is 0 Å². The second-order valence-electron chi connectivity index (χ2n) is 6.72. The second kappa shape index (κ2) is 7.61. The van der Waals surface area contributed by atoms with E-state index in [0.717, 1.165) is 22.6 Å². The Morgan fingerprint density at radius 1 is 1.07 bits per heavy atom. The van der Waals surface area contributed by atoms with Crippen molar-refractivity contribution in [3.8, 4) is 0 Å². The number of amides is 2. The number of carbonyl (C=O) groups is 2. The summed E-state index contributed by atoms with van der Waals surface area (Å²) in [5.41, 5.74) is -0.632. The van der Waals surface area contributed by atoms with Gasteiger partial charge in [-0.2, -0.15) is 13.2 Å². The van der Waals surface area contributed by atoms with Crippen molar-refractivity contribution in [2.75, 3.05) is 13.6 Å². The minimum atomic E-state index is -4.70. The predicted octanol–water partition coefficient (Wildman–Crippen LogP) is 3.26. The van der Waals surface area contributed by atoms with Crippen LogP contribution in [0.1, 0.15) is 16.7 Å². The molecule has 0 saturated carbocycles. The van der Waals surface area contributed by atoms with E-state index in [4.69, 9.17) is 0 Å². The Morgan fingerprint density at radius 2 is 1.75 bits per heavy atom. The molecule has 4 nitrogen and oxygen atoms in total. The molecule has 0 aromatic heterocycles. The fourth-order valence-corrected chi connectivity index (χ4v) is 3.32. The van der Waals surface area contributed by atoms with Crippen molar-refractivity contribution in [2.45, 2.75) is 25.2 Å². The van der Waals surface area contributed by atoms with Gasteiger partial charge in [-0.05, 0) is 29.3 Å². The number of hydrogen-bond acceptors (Lipinski definition) is 2. The first-order valence-corrected chi connectivity index (χ1v) is 8.61. The van der Waals surface area contributed by atoms with Crippen LogP contribution in [-0.2, 0) is 28.7 Å². The number of likely N-dealkylation sites (N-methyl/N-ethyl adjacent to an activating group) is 1. The van der Waals surface area contributed by atoms with Gasteiger partial charge >= 0.3 is 6.18 Å². The van der Waals surface area contributed by atoms with Gasteiger partial charge in [0.05, 0.1) is 12.1 Å². The maximum Gasteiger partial charge on any atom is 0.416 e. The number of halogens is 4. The van der Waals surface area contributed by atoms with E-state index in [0.29, 0.717) is 6.07 Å². The van der Waals surface area contributed by atoms with Gasteiger partial charge in [-0.15, -0.1) is 0 Å². The molecule has 0 radical (unpaired) electrons. The monoisotopic (exact) mass is 394 g/mol. The van der Waals surface area contributed by atoms with Gasteiger partial charge in [0, 0.05) is 20.0 Å². The molecule has 2 aromatic rings. The fourth-order valence-electron chi connectivity index (χ4n) is 3.32. The Hall–Kier alpha value is -2.90. The SMILES string of the molecule is CN1CC(=O)N(Cc2cc(F)ccc2C(F)(F)F)[C@@H](Cc2ccccc2)C1=O. The third kappa shape index (κ3) is 4.16. The van der Waals surface area contributed by atoms with Crippen LogP contribution in [0.15, 0.2) is 48.5 Å². The van der Waals surface area contributed by atoms with Crippen LogP contribution in [0, 0.1) is 5.82 Å². The molecule has 1 aliphatic heterocycles. The first kappa shape index (κ1) is 19.9. The van der Waals surface area contributed by atoms with Gasteiger partial charge in [0.1, 0.15) is 11.9 Å². The smallest absolute Gasteiger partial charge is 0.335 e. The second-order valence-corrected chi connectivity index (χ2v) is 6.72. The summed E-state index contributed by atoms with van der Waals surface area (Å²) in [6.45, 7) is -0.733. The van der Waals surface area contributed by atoms with Crippen molar-refractivity contribution < 1.29 is 27.2 Å². The fraction of sp³-hybridized carbons (Fsp3) is 0.300. The highest BCUT2D eigenvalue weighted by atomic mass is 19.4. The van der Waals surface area contributed by atoms with E-state index >= 15 is 0 Å². The molecule has 0 N–H and O–H groups in total. The molecule has 1 aliphatic rings. The third-order valence-electron chi connectivity index (χ3n) is 4.72. The molecule has 28 heavy (non-hydrogen) atoms. The first-order chi connectivity index (χ1) is 13.2. The number of benzene rings is 2. The lowest BCUT2D eigenvalue weighted by atomic mass is 9.99. The topological polar surface area (TPSA) is 40.6 Å². The van der Waals surface area contributed by atoms with E-state index in [2.05, 4.69) is 0 Å². The van der Waals surface area contributed by atoms with Crippen LogP contribution in [0.3, 0.4) is 0 Å². The molecule has 2 aromatic carbocycles. The van der Waals surface area contributed by atoms with E-state index in [1.807, 2.05) is 0 Å². The van der Waals surface area contributed by atoms with Crippen LogP contribution in [0.4, 0.5) is 17.6 Å². The molecule has 8 heteroatoms. The van der Waals surface area contributed by atoms with Gasteiger partial charge < -0.3 is 9.80 Å². The molecule has 1 fully saturated rings. The Kier molecular flexibility index (Phi) is 5.40. The quantitative estimate of drug-likeness (QED) is 0.747. The molecule has 2 amide bonds. The lowest BCUT2D eigenvalue weighted by Gasteiger charge is -2.39. The normalized spacial score (nSPS) is 18.0. The third-order valence-corrected chi connectivity index (χ3v) is 4.72. The van der Waals surface area contributed by atoms with Crippen LogP contribution >= 0.6 is 0 Å².